The van der Waals surface area contributed by atoms with Crippen LogP contribution in [0.2, 0.25) is 0 Å². The molecule has 2 aromatic rings. The minimum atomic E-state index is -0.280. The van der Waals surface area contributed by atoms with E-state index in [4.69, 9.17) is 0 Å². The summed E-state index contributed by atoms with van der Waals surface area (Å²) < 4.78 is 0. The molecule has 2 aliphatic rings. The molecule has 0 spiro atoms. The van der Waals surface area contributed by atoms with Crippen LogP contribution in [-0.2, 0) is 15.6 Å². The van der Waals surface area contributed by atoms with Crippen LogP contribution in [0.4, 0.5) is 0 Å². The second kappa shape index (κ2) is 6.68. The van der Waals surface area contributed by atoms with Crippen molar-refractivity contribution < 1.29 is 4.79 Å². The minimum Gasteiger partial charge on any atom is -0.298 e. The first-order valence-corrected chi connectivity index (χ1v) is 10.3. The van der Waals surface area contributed by atoms with Gasteiger partial charge in [-0.2, -0.15) is 0 Å². The fraction of sp³-hybridized carbons (Fsp3) is 0.480. The van der Waals surface area contributed by atoms with Gasteiger partial charge in [-0.05, 0) is 61.8 Å². The topological polar surface area (TPSA) is 17.1 Å². The maximum Gasteiger partial charge on any atom is 0.153 e. The predicted octanol–water partition coefficient (Wildman–Crippen LogP) is 6.20. The van der Waals surface area contributed by atoms with Crippen molar-refractivity contribution in [2.45, 2.75) is 76.0 Å². The molecule has 0 unspecified atom stereocenters. The van der Waals surface area contributed by atoms with Crippen LogP contribution in [-0.4, -0.2) is 5.78 Å². The number of hydrogen-bond donors (Lipinski definition) is 0. The summed E-state index contributed by atoms with van der Waals surface area (Å²) >= 11 is 0. The van der Waals surface area contributed by atoms with Gasteiger partial charge >= 0.3 is 0 Å². The zero-order chi connectivity index (χ0) is 18.2. The molecule has 0 heterocycles. The predicted molar refractivity (Wildman–Crippen MR) is 108 cm³/mol. The third-order valence-electron chi connectivity index (χ3n) is 7.10. The summed E-state index contributed by atoms with van der Waals surface area (Å²) in [6.07, 6.45) is 8.75. The van der Waals surface area contributed by atoms with E-state index in [2.05, 4.69) is 62.4 Å². The number of carbonyl (C=O) groups is 1. The average Bonchev–Trinajstić information content (AvgIpc) is 3.33. The van der Waals surface area contributed by atoms with Crippen molar-refractivity contribution >= 4 is 5.78 Å². The highest BCUT2D eigenvalue weighted by Crippen LogP contribution is 2.53. The fourth-order valence-corrected chi connectivity index (χ4v) is 5.87. The SMILES string of the molecule is Cc1ccccc1C1(C(=O)C2(c3ccccc3C)CCCC2)CCCC1. The van der Waals surface area contributed by atoms with Crippen molar-refractivity contribution in [2.24, 2.45) is 0 Å². The Bertz CT molecular complexity index is 737. The third-order valence-corrected chi connectivity index (χ3v) is 7.10. The van der Waals surface area contributed by atoms with Crippen LogP contribution in [0.3, 0.4) is 0 Å². The van der Waals surface area contributed by atoms with Gasteiger partial charge in [-0.15, -0.1) is 0 Å². The number of aryl methyl sites for hydroxylation is 2. The van der Waals surface area contributed by atoms with Crippen LogP contribution < -0.4 is 0 Å². The fourth-order valence-electron chi connectivity index (χ4n) is 5.87. The minimum absolute atomic E-state index is 0.280. The monoisotopic (exact) mass is 346 g/mol. The zero-order valence-corrected chi connectivity index (χ0v) is 16.2. The number of Topliss-reactive ketones (excluding diaryl/α,β-unsaturated/α-hetero) is 1. The molecule has 0 N–H and O–H groups in total. The van der Waals surface area contributed by atoms with Gasteiger partial charge in [-0.1, -0.05) is 74.2 Å². The van der Waals surface area contributed by atoms with Gasteiger partial charge in [0, 0.05) is 0 Å². The van der Waals surface area contributed by atoms with Gasteiger partial charge in [0.2, 0.25) is 0 Å². The Labute approximate surface area is 157 Å². The highest BCUT2D eigenvalue weighted by Gasteiger charge is 2.54. The molecule has 1 nitrogen and oxygen atoms in total. The third kappa shape index (κ3) is 2.55. The van der Waals surface area contributed by atoms with E-state index in [-0.39, 0.29) is 10.8 Å². The van der Waals surface area contributed by atoms with Crippen LogP contribution in [0.25, 0.3) is 0 Å². The highest BCUT2D eigenvalue weighted by molar-refractivity contribution is 6.00. The Hall–Kier alpha value is -1.89. The van der Waals surface area contributed by atoms with E-state index in [1.165, 1.54) is 47.9 Å². The van der Waals surface area contributed by atoms with Crippen LogP contribution >= 0.6 is 0 Å². The molecule has 2 aromatic carbocycles. The second-order valence-corrected chi connectivity index (χ2v) is 8.54. The van der Waals surface area contributed by atoms with Gasteiger partial charge in [0.15, 0.2) is 5.78 Å². The molecule has 26 heavy (non-hydrogen) atoms. The number of rotatable bonds is 4. The smallest absolute Gasteiger partial charge is 0.153 e. The maximum atomic E-state index is 14.4. The van der Waals surface area contributed by atoms with E-state index in [9.17, 15) is 4.79 Å². The molecule has 2 aliphatic carbocycles. The Morgan fingerprint density at radius 1 is 0.654 bits per heavy atom. The van der Waals surface area contributed by atoms with E-state index in [1.54, 1.807) is 0 Å². The van der Waals surface area contributed by atoms with Crippen LogP contribution in [0.15, 0.2) is 48.5 Å². The molecule has 136 valence electrons. The van der Waals surface area contributed by atoms with E-state index >= 15 is 0 Å². The maximum absolute atomic E-state index is 14.4. The van der Waals surface area contributed by atoms with Gasteiger partial charge < -0.3 is 0 Å². The number of ketones is 1. The number of hydrogen-bond acceptors (Lipinski definition) is 1. The molecule has 0 radical (unpaired) electrons. The van der Waals surface area contributed by atoms with E-state index in [0.717, 1.165) is 25.7 Å². The average molecular weight is 347 g/mol. The summed E-state index contributed by atoms with van der Waals surface area (Å²) in [6.45, 7) is 4.36. The molecule has 0 amide bonds. The lowest BCUT2D eigenvalue weighted by molar-refractivity contribution is -0.130. The summed E-state index contributed by atoms with van der Waals surface area (Å²) in [6, 6.07) is 17.2. The molecule has 0 aromatic heterocycles. The van der Waals surface area contributed by atoms with Crippen LogP contribution in [0.5, 0.6) is 0 Å². The van der Waals surface area contributed by atoms with Gasteiger partial charge in [0.05, 0.1) is 10.8 Å². The van der Waals surface area contributed by atoms with Gasteiger partial charge in [-0.25, -0.2) is 0 Å². The molecule has 2 saturated carbocycles. The quantitative estimate of drug-likeness (QED) is 0.644. The van der Waals surface area contributed by atoms with Gasteiger partial charge in [0.1, 0.15) is 0 Å². The van der Waals surface area contributed by atoms with Gasteiger partial charge in [-0.3, -0.25) is 4.79 Å². The van der Waals surface area contributed by atoms with Crippen molar-refractivity contribution in [1.29, 1.82) is 0 Å². The first-order chi connectivity index (χ1) is 12.6. The molecule has 1 heteroatoms. The molecular formula is C25H30O. The Morgan fingerprint density at radius 2 is 1.00 bits per heavy atom. The molecule has 0 atom stereocenters. The summed E-state index contributed by atoms with van der Waals surface area (Å²) in [5, 5.41) is 0. The van der Waals surface area contributed by atoms with E-state index in [0.29, 0.717) is 5.78 Å². The Morgan fingerprint density at radius 3 is 1.35 bits per heavy atom. The summed E-state index contributed by atoms with van der Waals surface area (Å²) in [4.78, 5) is 14.4. The summed E-state index contributed by atoms with van der Waals surface area (Å²) in [7, 11) is 0. The molecule has 4 rings (SSSR count). The van der Waals surface area contributed by atoms with Crippen molar-refractivity contribution in [2.75, 3.05) is 0 Å². The second-order valence-electron chi connectivity index (χ2n) is 8.54. The first kappa shape index (κ1) is 17.5. The largest absolute Gasteiger partial charge is 0.298 e. The number of benzene rings is 2. The lowest BCUT2D eigenvalue weighted by Gasteiger charge is -2.40. The van der Waals surface area contributed by atoms with Crippen molar-refractivity contribution in [3.63, 3.8) is 0 Å². The van der Waals surface area contributed by atoms with Crippen molar-refractivity contribution in [3.05, 3.63) is 70.8 Å². The molecule has 0 bridgehead atoms. The summed E-state index contributed by atoms with van der Waals surface area (Å²) in [5.41, 5.74) is 4.58. The van der Waals surface area contributed by atoms with E-state index in [1.807, 2.05) is 0 Å². The Balaban J connectivity index is 1.88. The van der Waals surface area contributed by atoms with E-state index < -0.39 is 0 Å². The number of carbonyl (C=O) groups excluding carboxylic acids is 1. The lowest BCUT2D eigenvalue weighted by atomic mass is 9.61. The summed E-state index contributed by atoms with van der Waals surface area (Å²) in [5.74, 6) is 0.517. The Kier molecular flexibility index (Phi) is 4.50. The van der Waals surface area contributed by atoms with Crippen LogP contribution in [0.1, 0.15) is 73.6 Å². The van der Waals surface area contributed by atoms with Crippen LogP contribution in [0, 0.1) is 13.8 Å². The first-order valence-electron chi connectivity index (χ1n) is 10.3. The molecule has 0 aliphatic heterocycles. The van der Waals surface area contributed by atoms with Crippen molar-refractivity contribution in [1.82, 2.24) is 0 Å². The molecule has 0 saturated heterocycles. The highest BCUT2D eigenvalue weighted by atomic mass is 16.1. The normalized spacial score (nSPS) is 21.0. The zero-order valence-electron chi connectivity index (χ0n) is 16.2. The standard InChI is InChI=1S/C25H30O/c1-19-11-3-5-13-21(19)24(15-7-8-16-24)23(26)25(17-9-10-18-25)22-14-6-4-12-20(22)2/h3-6,11-14H,7-10,15-18H2,1-2H3. The van der Waals surface area contributed by atoms with Gasteiger partial charge in [0.25, 0.3) is 0 Å². The lowest BCUT2D eigenvalue weighted by Crippen LogP contribution is -2.47. The molecular weight excluding hydrogens is 316 g/mol. The van der Waals surface area contributed by atoms with Crippen molar-refractivity contribution in [3.8, 4) is 0 Å². The molecule has 2 fully saturated rings.